The highest BCUT2D eigenvalue weighted by Gasteiger charge is 2.31. The molecular weight excluding hydrogens is 1450 g/mol. The molecule has 0 unspecified atom stereocenters. The van der Waals surface area contributed by atoms with Gasteiger partial charge in [0, 0.05) is 49.3 Å². The maximum Gasteiger partial charge on any atom is 0.244 e. The minimum Gasteiger partial charge on any atom is -0.294 e. The second-order valence-electron chi connectivity index (χ2n) is 39.2. The Morgan fingerprint density at radius 3 is 0.553 bits per heavy atom. The van der Waals surface area contributed by atoms with Crippen LogP contribution in [0.2, 0.25) is 0 Å². The van der Waals surface area contributed by atoms with Crippen LogP contribution in [0, 0.1) is 0 Å². The molecule has 0 saturated carbocycles. The summed E-state index contributed by atoms with van der Waals surface area (Å²) in [5, 5.41) is 8.48. The van der Waals surface area contributed by atoms with Gasteiger partial charge in [-0.1, -0.05) is 215 Å². The molecule has 0 amide bonds. The lowest BCUT2D eigenvalue weighted by molar-refractivity contribution is 0.586. The monoisotopic (exact) mass is 1550 g/mol. The normalized spacial score (nSPS) is 13.4. The third-order valence-electron chi connectivity index (χ3n) is 22.6. The van der Waals surface area contributed by atoms with E-state index in [0.717, 1.165) is 87.2 Å². The Bertz CT molecular complexity index is 5690. The van der Waals surface area contributed by atoms with E-state index in [0.29, 0.717) is 23.3 Å². The first kappa shape index (κ1) is 78.5. The SMILES string of the molecule is CC(C)(C)c1ccc2c(c1)c1cc(C(C)(C)C)ccc1n2-c1ccc(S(=O)(=O)c2cnc(-n3c4ccc(C(C)(C)C)cc4c4cc(C(C)(C)C)ccc43)cn2)cn1.CC(C)(C)c1ccc2c(c1)c1cc(C(C)(C)C)ccc1n2-c1cnc(S(=O)(=O)c2cnc(-n3c4ccc(C(C)(C)C)cc4c4cc(C(C)(C)C)ccc43)cn2)cn1. The number of hydrogen-bond donors (Lipinski definition) is 0. The van der Waals surface area contributed by atoms with Gasteiger partial charge >= 0.3 is 0 Å². The fraction of sp³-hybridized carbons (Fsp3) is 0.330. The fourth-order valence-corrected chi connectivity index (χ4v) is 17.4. The average molecular weight is 1550 g/mol. The summed E-state index contributed by atoms with van der Waals surface area (Å²) in [7, 11) is -8.16. The van der Waals surface area contributed by atoms with Gasteiger partial charge in [-0.3, -0.25) is 18.3 Å². The molecule has 0 aliphatic rings. The van der Waals surface area contributed by atoms with E-state index in [9.17, 15) is 16.8 Å². The average Bonchev–Trinajstić information content (AvgIpc) is 1.60. The molecule has 0 spiro atoms. The first-order valence-electron chi connectivity index (χ1n) is 39.4. The van der Waals surface area contributed by atoms with Crippen LogP contribution in [-0.2, 0) is 63.0 Å². The number of benzene rings is 8. The molecule has 17 heteroatoms. The van der Waals surface area contributed by atoms with E-state index in [1.807, 2.05) is 0 Å². The lowest BCUT2D eigenvalue weighted by Crippen LogP contribution is -2.11. The van der Waals surface area contributed by atoms with E-state index in [2.05, 4.69) is 345 Å². The molecule has 0 aliphatic carbocycles. The zero-order chi connectivity index (χ0) is 82.1. The van der Waals surface area contributed by atoms with Crippen molar-refractivity contribution in [2.75, 3.05) is 0 Å². The fourth-order valence-electron chi connectivity index (χ4n) is 15.4. The van der Waals surface area contributed by atoms with Gasteiger partial charge in [0.25, 0.3) is 0 Å². The highest BCUT2D eigenvalue weighted by atomic mass is 32.2. The van der Waals surface area contributed by atoms with Crippen LogP contribution in [0.5, 0.6) is 0 Å². The van der Waals surface area contributed by atoms with Crippen LogP contribution in [0.3, 0.4) is 0 Å². The van der Waals surface area contributed by atoms with Crippen LogP contribution in [0.25, 0.3) is 110 Å². The summed E-state index contributed by atoms with van der Waals surface area (Å²) in [6.45, 7) is 53.2. The first-order valence-corrected chi connectivity index (χ1v) is 42.3. The predicted molar refractivity (Wildman–Crippen MR) is 468 cm³/mol. The van der Waals surface area contributed by atoms with Gasteiger partial charge in [-0.25, -0.2) is 51.7 Å². The topological polar surface area (TPSA) is 178 Å². The Kier molecular flexibility index (Phi) is 18.6. The molecule has 0 aliphatic heterocycles. The molecular formula is C97H105N11O4S2. The zero-order valence-electron chi connectivity index (χ0n) is 70.4. The van der Waals surface area contributed by atoms with Gasteiger partial charge in [0.05, 0.1) is 86.2 Å². The molecule has 8 aromatic heterocycles. The van der Waals surface area contributed by atoms with Crippen LogP contribution in [0.15, 0.2) is 221 Å². The summed E-state index contributed by atoms with van der Waals surface area (Å²) in [4.78, 5) is 32.4. The molecule has 0 bridgehead atoms. The quantitative estimate of drug-likeness (QED) is 0.141. The number of pyridine rings is 1. The minimum absolute atomic E-state index is 0.0185. The predicted octanol–water partition coefficient (Wildman–Crippen LogP) is 23.6. The van der Waals surface area contributed by atoms with Gasteiger partial charge in [0.2, 0.25) is 19.7 Å². The lowest BCUT2D eigenvalue weighted by atomic mass is 9.85. The third-order valence-corrected chi connectivity index (χ3v) is 25.8. The second-order valence-corrected chi connectivity index (χ2v) is 42.9. The van der Waals surface area contributed by atoms with Crippen molar-refractivity contribution < 1.29 is 16.8 Å². The lowest BCUT2D eigenvalue weighted by Gasteiger charge is -2.19. The van der Waals surface area contributed by atoms with Crippen molar-refractivity contribution in [2.24, 2.45) is 0 Å². The molecule has 0 fully saturated rings. The van der Waals surface area contributed by atoms with E-state index in [4.69, 9.17) is 19.9 Å². The summed E-state index contributed by atoms with van der Waals surface area (Å²) >= 11 is 0. The number of hydrogen-bond acceptors (Lipinski definition) is 11. The van der Waals surface area contributed by atoms with Crippen LogP contribution >= 0.6 is 0 Å². The summed E-state index contributed by atoms with van der Waals surface area (Å²) < 4.78 is 64.4. The molecule has 114 heavy (non-hydrogen) atoms. The number of nitrogens with zero attached hydrogens (tertiary/aromatic N) is 11. The zero-order valence-corrected chi connectivity index (χ0v) is 72.1. The van der Waals surface area contributed by atoms with E-state index < -0.39 is 19.7 Å². The van der Waals surface area contributed by atoms with Crippen molar-refractivity contribution >= 4 is 107 Å². The van der Waals surface area contributed by atoms with Crippen molar-refractivity contribution in [3.8, 4) is 23.3 Å². The Balaban J connectivity index is 0.000000180. The number of fused-ring (bicyclic) bond motifs is 12. The minimum atomic E-state index is -4.13. The van der Waals surface area contributed by atoms with E-state index in [1.165, 1.54) is 81.7 Å². The molecule has 0 radical (unpaired) electrons. The maximum atomic E-state index is 14.0. The van der Waals surface area contributed by atoms with Gasteiger partial charge in [-0.15, -0.1) is 0 Å². The molecule has 8 heterocycles. The standard InChI is InChI=1S/C49H53N5O2S.C48H52N6O2S/c1-46(2,3)30-13-18-39-35(23-30)36-24-31(47(4,5)6)14-19-40(36)53(39)43-22-17-34(27-50-43)57(55,56)45-29-51-44(28-52-45)54-41-20-15-32(48(7,8)9)25-37(41)38-26-33(49(10,11)12)16-21-42(38)54;1-45(2,3)29-13-17-37-33(21-29)34-22-30(46(4,5)6)14-18-38(34)53(37)41-25-51-43(27-49-41)57(55,56)44-28-50-42(26-52-44)54-39-19-15-31(47(7,8)9)23-35(39)36-24-32(48(10,11)12)16-20-40(36)54/h13-29H,1-12H3;13-28H,1-12H3. The largest absolute Gasteiger partial charge is 0.294 e. The highest BCUT2D eigenvalue weighted by Crippen LogP contribution is 2.44. The second kappa shape index (κ2) is 26.9. The Hall–Kier alpha value is -10.8. The Morgan fingerprint density at radius 2 is 0.386 bits per heavy atom. The van der Waals surface area contributed by atoms with Crippen molar-refractivity contribution in [2.45, 2.75) is 229 Å². The number of rotatable bonds is 8. The molecule has 15 nitrogen and oxygen atoms in total. The third kappa shape index (κ3) is 14.0. The summed E-state index contributed by atoms with van der Waals surface area (Å²) in [5.74, 6) is 2.24. The van der Waals surface area contributed by atoms with E-state index in [1.54, 1.807) is 18.3 Å². The summed E-state index contributed by atoms with van der Waals surface area (Å²) in [5.41, 5.74) is 17.6. The van der Waals surface area contributed by atoms with Crippen LogP contribution in [-0.4, -0.2) is 70.0 Å². The summed E-state index contributed by atoms with van der Waals surface area (Å²) in [6, 6.07) is 55.9. The molecule has 16 rings (SSSR count). The van der Waals surface area contributed by atoms with Gasteiger partial charge < -0.3 is 0 Å². The van der Waals surface area contributed by atoms with E-state index in [-0.39, 0.29) is 63.3 Å². The van der Waals surface area contributed by atoms with Crippen LogP contribution in [0.4, 0.5) is 0 Å². The van der Waals surface area contributed by atoms with Gasteiger partial charge in [-0.05, 0) is 197 Å². The van der Waals surface area contributed by atoms with Crippen molar-refractivity contribution in [3.63, 3.8) is 0 Å². The van der Waals surface area contributed by atoms with Gasteiger partial charge in [-0.2, -0.15) is 0 Å². The first-order chi connectivity index (χ1) is 53.1. The van der Waals surface area contributed by atoms with Crippen molar-refractivity contribution in [3.05, 3.63) is 246 Å². The molecule has 16 aromatic rings. The molecule has 584 valence electrons. The maximum absolute atomic E-state index is 14.0. The molecule has 0 atom stereocenters. The molecule has 0 saturated heterocycles. The van der Waals surface area contributed by atoms with Crippen molar-refractivity contribution in [1.82, 2.24) is 53.2 Å². The number of sulfone groups is 2. The van der Waals surface area contributed by atoms with Gasteiger partial charge in [0.1, 0.15) is 5.82 Å². The molecule has 8 aromatic carbocycles. The van der Waals surface area contributed by atoms with Crippen molar-refractivity contribution in [1.29, 1.82) is 0 Å². The summed E-state index contributed by atoms with van der Waals surface area (Å²) in [6.07, 6.45) is 10.0. The van der Waals surface area contributed by atoms with Gasteiger partial charge in [0.15, 0.2) is 32.5 Å². The number of aromatic nitrogens is 11. The van der Waals surface area contributed by atoms with Crippen LogP contribution < -0.4 is 0 Å². The molecule has 0 N–H and O–H groups in total. The Labute approximate surface area is 670 Å². The van der Waals surface area contributed by atoms with Crippen LogP contribution in [0.1, 0.15) is 211 Å². The highest BCUT2D eigenvalue weighted by molar-refractivity contribution is 7.91. The smallest absolute Gasteiger partial charge is 0.244 e. The Morgan fingerprint density at radius 1 is 0.202 bits per heavy atom. The van der Waals surface area contributed by atoms with E-state index >= 15 is 0 Å².